The van der Waals surface area contributed by atoms with Gasteiger partial charge in [-0.1, -0.05) is 5.16 Å². The first-order chi connectivity index (χ1) is 12.0. The number of nitrogens with zero attached hydrogens (tertiary/aromatic N) is 4. The van der Waals surface area contributed by atoms with E-state index < -0.39 is 5.97 Å². The van der Waals surface area contributed by atoms with Gasteiger partial charge in [0.25, 0.3) is 0 Å². The highest BCUT2D eigenvalue weighted by molar-refractivity contribution is 6.00. The molecule has 0 bridgehead atoms. The molecule has 0 radical (unpaired) electrons. The molecule has 0 aromatic carbocycles. The van der Waals surface area contributed by atoms with Crippen LogP contribution in [0.1, 0.15) is 38.0 Å². The van der Waals surface area contributed by atoms with Gasteiger partial charge in [-0.3, -0.25) is 14.3 Å². The highest BCUT2D eigenvalue weighted by atomic mass is 16.5. The predicted molar refractivity (Wildman–Crippen MR) is 86.7 cm³/mol. The van der Waals surface area contributed by atoms with Crippen molar-refractivity contribution in [2.24, 2.45) is 0 Å². The molecule has 8 heteroatoms. The van der Waals surface area contributed by atoms with E-state index in [4.69, 9.17) is 9.26 Å². The van der Waals surface area contributed by atoms with Gasteiger partial charge in [-0.15, -0.1) is 0 Å². The van der Waals surface area contributed by atoms with Crippen molar-refractivity contribution in [3.8, 4) is 5.82 Å². The largest absolute Gasteiger partial charge is 0.453 e. The lowest BCUT2D eigenvalue weighted by atomic mass is 10.1. The van der Waals surface area contributed by atoms with Crippen LogP contribution in [-0.4, -0.2) is 38.1 Å². The first kappa shape index (κ1) is 16.6. The number of rotatable bonds is 5. The minimum atomic E-state index is -0.692. The summed E-state index contributed by atoms with van der Waals surface area (Å²) in [5.74, 6) is 0.274. The number of esters is 1. The van der Waals surface area contributed by atoms with Crippen LogP contribution in [0.15, 0.2) is 35.2 Å². The van der Waals surface area contributed by atoms with E-state index in [9.17, 15) is 9.59 Å². The summed E-state index contributed by atoms with van der Waals surface area (Å²) >= 11 is 0. The van der Waals surface area contributed by atoms with Gasteiger partial charge >= 0.3 is 5.97 Å². The number of aromatic nitrogens is 4. The number of aryl methyl sites for hydroxylation is 2. The molecule has 128 valence electrons. The van der Waals surface area contributed by atoms with Crippen molar-refractivity contribution >= 4 is 11.8 Å². The summed E-state index contributed by atoms with van der Waals surface area (Å²) in [5, 5.41) is 3.97. The Bertz CT molecular complexity index is 928. The standard InChI is InChI=1S/C17H16N4O4/c1-10-6-13(12(3)21(10)16-7-11(2)25-20-16)15(22)9-24-17(23)14-8-18-4-5-19-14/h4-8H,9H2,1-3H3. The van der Waals surface area contributed by atoms with Crippen molar-refractivity contribution in [2.45, 2.75) is 20.8 Å². The zero-order valence-electron chi connectivity index (χ0n) is 14.0. The molecule has 3 heterocycles. The molecule has 0 aliphatic heterocycles. The lowest BCUT2D eigenvalue weighted by Crippen LogP contribution is -2.16. The van der Waals surface area contributed by atoms with Gasteiger partial charge in [0.2, 0.25) is 5.78 Å². The normalized spacial score (nSPS) is 10.7. The van der Waals surface area contributed by atoms with E-state index in [1.165, 1.54) is 18.6 Å². The van der Waals surface area contributed by atoms with Crippen LogP contribution in [0.2, 0.25) is 0 Å². The molecule has 3 rings (SSSR count). The Morgan fingerprint density at radius 1 is 1.20 bits per heavy atom. The third kappa shape index (κ3) is 3.32. The summed E-state index contributed by atoms with van der Waals surface area (Å²) in [5.41, 5.74) is 2.05. The Hall–Kier alpha value is -3.29. The van der Waals surface area contributed by atoms with Crippen LogP contribution in [-0.2, 0) is 4.74 Å². The third-order valence-corrected chi connectivity index (χ3v) is 3.68. The van der Waals surface area contributed by atoms with Gasteiger partial charge < -0.3 is 9.26 Å². The molecular weight excluding hydrogens is 324 g/mol. The molecule has 0 amide bonds. The zero-order valence-corrected chi connectivity index (χ0v) is 14.0. The average molecular weight is 340 g/mol. The number of carbonyl (C=O) groups excluding carboxylic acids is 2. The Morgan fingerprint density at radius 3 is 2.64 bits per heavy atom. The van der Waals surface area contributed by atoms with Crippen LogP contribution in [0.5, 0.6) is 0 Å². The van der Waals surface area contributed by atoms with Gasteiger partial charge in [-0.2, -0.15) is 0 Å². The maximum Gasteiger partial charge on any atom is 0.358 e. The smallest absolute Gasteiger partial charge is 0.358 e. The van der Waals surface area contributed by atoms with Crippen LogP contribution >= 0.6 is 0 Å². The molecule has 0 atom stereocenters. The van der Waals surface area contributed by atoms with Gasteiger partial charge in [-0.05, 0) is 26.8 Å². The number of hydrogen-bond donors (Lipinski definition) is 0. The molecule has 0 N–H and O–H groups in total. The van der Waals surface area contributed by atoms with Gasteiger partial charge in [0.15, 0.2) is 18.1 Å². The van der Waals surface area contributed by atoms with E-state index >= 15 is 0 Å². The van der Waals surface area contributed by atoms with Gasteiger partial charge in [0, 0.05) is 35.4 Å². The molecule has 25 heavy (non-hydrogen) atoms. The van der Waals surface area contributed by atoms with Crippen LogP contribution in [0.25, 0.3) is 5.82 Å². The Balaban J connectivity index is 1.76. The fourth-order valence-corrected chi connectivity index (χ4v) is 2.54. The van der Waals surface area contributed by atoms with Gasteiger partial charge in [0.05, 0.1) is 6.20 Å². The summed E-state index contributed by atoms with van der Waals surface area (Å²) in [4.78, 5) is 31.9. The Kier molecular flexibility index (Phi) is 4.42. The van der Waals surface area contributed by atoms with Crippen LogP contribution in [0, 0.1) is 20.8 Å². The Labute approximate surface area is 143 Å². The van der Waals surface area contributed by atoms with E-state index in [1.807, 2.05) is 11.5 Å². The highest BCUT2D eigenvalue weighted by Crippen LogP contribution is 2.21. The lowest BCUT2D eigenvalue weighted by Gasteiger charge is -2.06. The number of hydrogen-bond acceptors (Lipinski definition) is 7. The van der Waals surface area contributed by atoms with E-state index in [2.05, 4.69) is 15.1 Å². The molecule has 3 aromatic rings. The second kappa shape index (κ2) is 6.68. The van der Waals surface area contributed by atoms with Gasteiger partial charge in [0.1, 0.15) is 5.76 Å². The quantitative estimate of drug-likeness (QED) is 0.518. The van der Waals surface area contributed by atoms with Crippen LogP contribution in [0.3, 0.4) is 0 Å². The number of ketones is 1. The number of Topliss-reactive ketones (excluding diaryl/α,β-unsaturated/α-hetero) is 1. The summed E-state index contributed by atoms with van der Waals surface area (Å²) in [7, 11) is 0. The molecule has 0 fully saturated rings. The van der Waals surface area contributed by atoms with Crippen molar-refractivity contribution < 1.29 is 18.8 Å². The monoisotopic (exact) mass is 340 g/mol. The summed E-state index contributed by atoms with van der Waals surface area (Å²) in [6, 6.07) is 3.51. The van der Waals surface area contributed by atoms with Crippen molar-refractivity contribution in [2.75, 3.05) is 6.61 Å². The molecule has 0 saturated heterocycles. The molecule has 0 unspecified atom stereocenters. The molecule has 0 aliphatic carbocycles. The summed E-state index contributed by atoms with van der Waals surface area (Å²) < 4.78 is 11.9. The van der Waals surface area contributed by atoms with Crippen LogP contribution < -0.4 is 0 Å². The fourth-order valence-electron chi connectivity index (χ4n) is 2.54. The summed E-state index contributed by atoms with van der Waals surface area (Å²) in [6.07, 6.45) is 4.11. The SMILES string of the molecule is Cc1cc(-n2c(C)cc(C(=O)COC(=O)c3cnccn3)c2C)no1. The van der Waals surface area contributed by atoms with Crippen molar-refractivity contribution in [3.05, 3.63) is 59.1 Å². The number of ether oxygens (including phenoxy) is 1. The second-order valence-corrected chi connectivity index (χ2v) is 5.51. The molecule has 3 aromatic heterocycles. The van der Waals surface area contributed by atoms with E-state index in [1.54, 1.807) is 26.0 Å². The molecule has 0 spiro atoms. The van der Waals surface area contributed by atoms with Gasteiger partial charge in [-0.25, -0.2) is 9.78 Å². The van der Waals surface area contributed by atoms with Crippen molar-refractivity contribution in [3.63, 3.8) is 0 Å². The maximum absolute atomic E-state index is 12.4. The first-order valence-corrected chi connectivity index (χ1v) is 7.56. The minimum Gasteiger partial charge on any atom is -0.453 e. The lowest BCUT2D eigenvalue weighted by molar-refractivity contribution is 0.0468. The van der Waals surface area contributed by atoms with E-state index in [0.717, 1.165) is 5.69 Å². The summed E-state index contributed by atoms with van der Waals surface area (Å²) in [6.45, 7) is 5.08. The predicted octanol–water partition coefficient (Wildman–Crippen LogP) is 2.22. The number of carbonyl (C=O) groups is 2. The van der Waals surface area contributed by atoms with Crippen molar-refractivity contribution in [1.82, 2.24) is 19.7 Å². The van der Waals surface area contributed by atoms with E-state index in [0.29, 0.717) is 22.8 Å². The maximum atomic E-state index is 12.4. The molecule has 0 saturated carbocycles. The topological polar surface area (TPSA) is 100 Å². The third-order valence-electron chi connectivity index (χ3n) is 3.68. The molecule has 8 nitrogen and oxygen atoms in total. The Morgan fingerprint density at radius 2 is 2.00 bits per heavy atom. The van der Waals surface area contributed by atoms with E-state index in [-0.39, 0.29) is 18.1 Å². The highest BCUT2D eigenvalue weighted by Gasteiger charge is 2.20. The first-order valence-electron chi connectivity index (χ1n) is 7.56. The fraction of sp³-hybridized carbons (Fsp3) is 0.235. The van der Waals surface area contributed by atoms with Crippen LogP contribution in [0.4, 0.5) is 0 Å². The van der Waals surface area contributed by atoms with Crippen molar-refractivity contribution in [1.29, 1.82) is 0 Å². The minimum absolute atomic E-state index is 0.0545. The zero-order chi connectivity index (χ0) is 18.0. The second-order valence-electron chi connectivity index (χ2n) is 5.51. The molecule has 0 aliphatic rings. The molecular formula is C17H16N4O4. The average Bonchev–Trinajstić information content (AvgIpc) is 3.15.